The first kappa shape index (κ1) is 14.3. The van der Waals surface area contributed by atoms with Crippen molar-refractivity contribution >= 4 is 5.91 Å². The minimum absolute atomic E-state index is 0.0808. The van der Waals surface area contributed by atoms with Crippen LogP contribution in [0.1, 0.15) is 24.2 Å². The first-order chi connectivity index (χ1) is 9.54. The number of carbonyl (C=O) groups excluding carboxylic acids is 1. The zero-order valence-electron chi connectivity index (χ0n) is 11.9. The van der Waals surface area contributed by atoms with Crippen molar-refractivity contribution in [3.63, 3.8) is 0 Å². The Labute approximate surface area is 118 Å². The highest BCUT2D eigenvalue weighted by atomic mass is 16.3. The van der Waals surface area contributed by atoms with Gasteiger partial charge in [-0.15, -0.1) is 0 Å². The van der Waals surface area contributed by atoms with E-state index in [1.807, 2.05) is 42.9 Å². The van der Waals surface area contributed by atoms with Gasteiger partial charge >= 0.3 is 0 Å². The number of hydrogen-bond donors (Lipinski definition) is 2. The van der Waals surface area contributed by atoms with Gasteiger partial charge in [-0.3, -0.25) is 9.48 Å². The molecule has 6 heteroatoms. The van der Waals surface area contributed by atoms with Crippen LogP contribution < -0.4 is 5.32 Å². The van der Waals surface area contributed by atoms with Gasteiger partial charge in [-0.05, 0) is 18.1 Å². The topological polar surface area (TPSA) is 72.1 Å². The summed E-state index contributed by atoms with van der Waals surface area (Å²) in [4.78, 5) is 12.4. The minimum atomic E-state index is -0.264. The summed E-state index contributed by atoms with van der Waals surface area (Å²) < 4.78 is 3.49. The van der Waals surface area contributed by atoms with Crippen molar-refractivity contribution in [2.75, 3.05) is 6.61 Å². The highest BCUT2D eigenvalue weighted by Gasteiger charge is 2.21. The number of hydrogen-bond acceptors (Lipinski definition) is 3. The molecule has 0 aliphatic heterocycles. The van der Waals surface area contributed by atoms with E-state index in [4.69, 9.17) is 0 Å². The molecule has 108 valence electrons. The summed E-state index contributed by atoms with van der Waals surface area (Å²) >= 11 is 0. The van der Waals surface area contributed by atoms with Crippen LogP contribution in [0.4, 0.5) is 0 Å². The Morgan fingerprint density at radius 3 is 2.60 bits per heavy atom. The second kappa shape index (κ2) is 5.92. The lowest BCUT2D eigenvalue weighted by atomic mass is 10.1. The summed E-state index contributed by atoms with van der Waals surface area (Å²) in [6.07, 6.45) is 5.26. The van der Waals surface area contributed by atoms with E-state index in [-0.39, 0.29) is 24.5 Å². The molecule has 2 rings (SSSR count). The van der Waals surface area contributed by atoms with Crippen LogP contribution >= 0.6 is 0 Å². The third-order valence-corrected chi connectivity index (χ3v) is 3.32. The molecule has 2 heterocycles. The molecule has 0 aliphatic carbocycles. The molecule has 0 bridgehead atoms. The highest BCUT2D eigenvalue weighted by molar-refractivity contribution is 5.97. The van der Waals surface area contributed by atoms with Gasteiger partial charge in [0.25, 0.3) is 5.91 Å². The van der Waals surface area contributed by atoms with Gasteiger partial charge in [0, 0.05) is 19.4 Å². The molecule has 6 nitrogen and oxygen atoms in total. The molecule has 0 radical (unpaired) electrons. The van der Waals surface area contributed by atoms with E-state index in [0.717, 1.165) is 0 Å². The van der Waals surface area contributed by atoms with Crippen LogP contribution in [0, 0.1) is 5.92 Å². The number of amides is 1. The van der Waals surface area contributed by atoms with Crippen molar-refractivity contribution < 1.29 is 9.90 Å². The summed E-state index contributed by atoms with van der Waals surface area (Å²) in [5.74, 6) is 0.637. The van der Waals surface area contributed by atoms with Crippen LogP contribution in [0.3, 0.4) is 0 Å². The van der Waals surface area contributed by atoms with E-state index in [1.54, 1.807) is 17.9 Å². The quantitative estimate of drug-likeness (QED) is 0.854. The predicted octanol–water partition coefficient (Wildman–Crippen LogP) is 0.957. The summed E-state index contributed by atoms with van der Waals surface area (Å²) in [6.45, 7) is 3.83. The molecular formula is C14H20N4O2. The number of rotatable bonds is 5. The lowest BCUT2D eigenvalue weighted by molar-refractivity contribution is 0.0897. The van der Waals surface area contributed by atoms with Crippen LogP contribution in [0.25, 0.3) is 5.82 Å². The van der Waals surface area contributed by atoms with E-state index < -0.39 is 0 Å². The Morgan fingerprint density at radius 1 is 1.40 bits per heavy atom. The molecule has 0 saturated heterocycles. The minimum Gasteiger partial charge on any atom is -0.394 e. The number of nitrogens with one attached hydrogen (secondary N) is 1. The molecule has 1 atom stereocenters. The van der Waals surface area contributed by atoms with Crippen LogP contribution in [-0.4, -0.2) is 38.0 Å². The summed E-state index contributed by atoms with van der Waals surface area (Å²) in [7, 11) is 1.79. The number of carbonyl (C=O) groups is 1. The molecule has 2 aromatic heterocycles. The van der Waals surface area contributed by atoms with Gasteiger partial charge in [0.15, 0.2) is 0 Å². The number of aliphatic hydroxyl groups excluding tert-OH is 1. The molecule has 0 aromatic carbocycles. The standard InChI is InChI=1S/C14H20N4O2/c1-10(2)12(9-19)16-13(20)11-8-15-17(3)14(11)18-6-4-5-7-18/h4-8,10,12,19H,9H2,1-3H3,(H,16,20). The first-order valence-corrected chi connectivity index (χ1v) is 6.61. The lowest BCUT2D eigenvalue weighted by Gasteiger charge is -2.20. The Kier molecular flexibility index (Phi) is 4.24. The summed E-state index contributed by atoms with van der Waals surface area (Å²) in [6, 6.07) is 3.51. The second-order valence-electron chi connectivity index (χ2n) is 5.10. The number of aromatic nitrogens is 3. The number of aryl methyl sites for hydroxylation is 1. The van der Waals surface area contributed by atoms with Crippen LogP contribution in [0.2, 0.25) is 0 Å². The van der Waals surface area contributed by atoms with Crippen molar-refractivity contribution in [1.29, 1.82) is 0 Å². The average Bonchev–Trinajstić information content (AvgIpc) is 3.03. The van der Waals surface area contributed by atoms with Crippen LogP contribution in [0.5, 0.6) is 0 Å². The molecule has 2 N–H and O–H groups in total. The van der Waals surface area contributed by atoms with Crippen molar-refractivity contribution in [2.24, 2.45) is 13.0 Å². The Balaban J connectivity index is 2.28. The normalized spacial score (nSPS) is 12.7. The zero-order valence-corrected chi connectivity index (χ0v) is 11.9. The van der Waals surface area contributed by atoms with Crippen molar-refractivity contribution in [3.05, 3.63) is 36.3 Å². The number of aliphatic hydroxyl groups is 1. The van der Waals surface area contributed by atoms with Gasteiger partial charge in [0.2, 0.25) is 0 Å². The fourth-order valence-corrected chi connectivity index (χ4v) is 2.04. The van der Waals surface area contributed by atoms with E-state index in [9.17, 15) is 9.90 Å². The molecular weight excluding hydrogens is 256 g/mol. The molecule has 20 heavy (non-hydrogen) atoms. The molecule has 0 saturated carbocycles. The first-order valence-electron chi connectivity index (χ1n) is 6.61. The smallest absolute Gasteiger partial charge is 0.257 e. The number of nitrogens with zero attached hydrogens (tertiary/aromatic N) is 3. The fraction of sp³-hybridized carbons (Fsp3) is 0.429. The SMILES string of the molecule is CC(C)C(CO)NC(=O)c1cnn(C)c1-n1cccc1. The molecule has 0 spiro atoms. The monoisotopic (exact) mass is 276 g/mol. The van der Waals surface area contributed by atoms with Crippen molar-refractivity contribution in [2.45, 2.75) is 19.9 Å². The van der Waals surface area contributed by atoms with Gasteiger partial charge in [0.1, 0.15) is 11.4 Å². The molecule has 0 fully saturated rings. The van der Waals surface area contributed by atoms with Gasteiger partial charge in [-0.2, -0.15) is 5.10 Å². The maximum absolute atomic E-state index is 12.4. The molecule has 1 unspecified atom stereocenters. The average molecular weight is 276 g/mol. The maximum Gasteiger partial charge on any atom is 0.257 e. The largest absolute Gasteiger partial charge is 0.394 e. The van der Waals surface area contributed by atoms with Crippen LogP contribution in [0.15, 0.2) is 30.7 Å². The Hall–Kier alpha value is -2.08. The van der Waals surface area contributed by atoms with Gasteiger partial charge in [-0.25, -0.2) is 0 Å². The summed E-state index contributed by atoms with van der Waals surface area (Å²) in [5.41, 5.74) is 0.489. The molecule has 2 aromatic rings. The third-order valence-electron chi connectivity index (χ3n) is 3.32. The second-order valence-corrected chi connectivity index (χ2v) is 5.10. The van der Waals surface area contributed by atoms with E-state index in [0.29, 0.717) is 11.4 Å². The van der Waals surface area contributed by atoms with Gasteiger partial charge < -0.3 is 15.0 Å². The molecule has 1 amide bonds. The molecule has 0 aliphatic rings. The van der Waals surface area contributed by atoms with E-state index >= 15 is 0 Å². The van der Waals surface area contributed by atoms with Crippen LogP contribution in [-0.2, 0) is 7.05 Å². The highest BCUT2D eigenvalue weighted by Crippen LogP contribution is 2.14. The van der Waals surface area contributed by atoms with Crippen molar-refractivity contribution in [1.82, 2.24) is 19.7 Å². The van der Waals surface area contributed by atoms with E-state index in [2.05, 4.69) is 10.4 Å². The maximum atomic E-state index is 12.4. The fourth-order valence-electron chi connectivity index (χ4n) is 2.04. The predicted molar refractivity (Wildman–Crippen MR) is 75.7 cm³/mol. The third kappa shape index (κ3) is 2.75. The zero-order chi connectivity index (χ0) is 14.7. The van der Waals surface area contributed by atoms with Gasteiger partial charge in [0.05, 0.1) is 18.8 Å². The Bertz CT molecular complexity index is 572. The van der Waals surface area contributed by atoms with Gasteiger partial charge in [-0.1, -0.05) is 13.8 Å². The lowest BCUT2D eigenvalue weighted by Crippen LogP contribution is -2.41. The Morgan fingerprint density at radius 2 is 2.05 bits per heavy atom. The van der Waals surface area contributed by atoms with Crippen molar-refractivity contribution in [3.8, 4) is 5.82 Å². The summed E-state index contributed by atoms with van der Waals surface area (Å²) in [5, 5.41) is 16.3. The van der Waals surface area contributed by atoms with E-state index in [1.165, 1.54) is 0 Å².